The number of carbonyl (C=O) groups is 1. The van der Waals surface area contributed by atoms with Crippen molar-refractivity contribution in [2.75, 3.05) is 31.2 Å². The summed E-state index contributed by atoms with van der Waals surface area (Å²) in [6.07, 6.45) is 1.13. The summed E-state index contributed by atoms with van der Waals surface area (Å²) in [7, 11) is -3.24. The molecular weight excluding hydrogens is 364 g/mol. The number of amides is 1. The molecule has 1 amide bonds. The van der Waals surface area contributed by atoms with Gasteiger partial charge in [0.25, 0.3) is 0 Å². The number of benzene rings is 2. The van der Waals surface area contributed by atoms with Gasteiger partial charge in [0.05, 0.1) is 23.6 Å². The molecule has 0 bridgehead atoms. The molecule has 1 aliphatic heterocycles. The van der Waals surface area contributed by atoms with E-state index in [2.05, 4.69) is 10.2 Å². The first-order valence-electron chi connectivity index (χ1n) is 8.84. The number of hydrogen-bond donors (Lipinski definition) is 1. The highest BCUT2D eigenvalue weighted by Crippen LogP contribution is 2.25. The van der Waals surface area contributed by atoms with Crippen molar-refractivity contribution in [3.63, 3.8) is 0 Å². The molecule has 2 unspecified atom stereocenters. The number of rotatable bonds is 5. The maximum absolute atomic E-state index is 12.4. The highest BCUT2D eigenvalue weighted by atomic mass is 32.2. The van der Waals surface area contributed by atoms with Crippen molar-refractivity contribution >= 4 is 21.4 Å². The van der Waals surface area contributed by atoms with Crippen LogP contribution in [0.25, 0.3) is 0 Å². The van der Waals surface area contributed by atoms with Gasteiger partial charge >= 0.3 is 0 Å². The molecule has 1 fully saturated rings. The maximum Gasteiger partial charge on any atom is 0.238 e. The van der Waals surface area contributed by atoms with Crippen LogP contribution in [0.15, 0.2) is 59.5 Å². The van der Waals surface area contributed by atoms with Crippen molar-refractivity contribution in [3.8, 4) is 0 Å². The Morgan fingerprint density at radius 2 is 1.78 bits per heavy atom. The van der Waals surface area contributed by atoms with Crippen LogP contribution in [-0.4, -0.2) is 51.2 Å². The molecule has 3 rings (SSSR count). The van der Waals surface area contributed by atoms with Gasteiger partial charge in [0.1, 0.15) is 0 Å². The quantitative estimate of drug-likeness (QED) is 0.852. The summed E-state index contributed by atoms with van der Waals surface area (Å²) >= 11 is 0. The fourth-order valence-corrected chi connectivity index (χ4v) is 3.84. The summed E-state index contributed by atoms with van der Waals surface area (Å²) in [5.41, 5.74) is 1.68. The van der Waals surface area contributed by atoms with Gasteiger partial charge in [-0.3, -0.25) is 9.69 Å². The van der Waals surface area contributed by atoms with Crippen LogP contribution in [0.5, 0.6) is 0 Å². The van der Waals surface area contributed by atoms with Crippen LogP contribution in [-0.2, 0) is 19.4 Å². The third-order valence-corrected chi connectivity index (χ3v) is 5.57. The number of ether oxygens (including phenoxy) is 1. The van der Waals surface area contributed by atoms with Crippen molar-refractivity contribution in [2.24, 2.45) is 0 Å². The Kier molecular flexibility index (Phi) is 5.94. The van der Waals surface area contributed by atoms with Crippen LogP contribution in [0.1, 0.15) is 18.6 Å². The summed E-state index contributed by atoms with van der Waals surface area (Å²) in [4.78, 5) is 14.7. The van der Waals surface area contributed by atoms with Gasteiger partial charge in [-0.25, -0.2) is 8.42 Å². The van der Waals surface area contributed by atoms with Crippen LogP contribution < -0.4 is 5.32 Å². The van der Waals surface area contributed by atoms with Crippen LogP contribution >= 0.6 is 0 Å². The van der Waals surface area contributed by atoms with E-state index in [1.807, 2.05) is 37.3 Å². The number of nitrogens with one attached hydrogen (secondary N) is 1. The lowest BCUT2D eigenvalue weighted by Crippen LogP contribution is -2.46. The van der Waals surface area contributed by atoms with Gasteiger partial charge < -0.3 is 10.1 Å². The van der Waals surface area contributed by atoms with Gasteiger partial charge in [-0.1, -0.05) is 30.3 Å². The minimum Gasteiger partial charge on any atom is -0.368 e. The molecule has 7 heteroatoms. The zero-order chi connectivity index (χ0) is 19.4. The predicted molar refractivity (Wildman–Crippen MR) is 104 cm³/mol. The number of morpholine rings is 1. The van der Waals surface area contributed by atoms with Crippen LogP contribution in [0.3, 0.4) is 0 Å². The van der Waals surface area contributed by atoms with E-state index >= 15 is 0 Å². The number of hydrogen-bond acceptors (Lipinski definition) is 5. The molecule has 0 aliphatic carbocycles. The molecule has 2 atom stereocenters. The fraction of sp³-hybridized carbons (Fsp3) is 0.350. The molecule has 0 spiro atoms. The largest absolute Gasteiger partial charge is 0.368 e. The molecule has 144 valence electrons. The molecule has 2 aromatic rings. The van der Waals surface area contributed by atoms with Gasteiger partial charge in [-0.2, -0.15) is 0 Å². The summed E-state index contributed by atoms with van der Waals surface area (Å²) in [6, 6.07) is 16.2. The smallest absolute Gasteiger partial charge is 0.238 e. The molecule has 6 nitrogen and oxygen atoms in total. The average molecular weight is 388 g/mol. The van der Waals surface area contributed by atoms with E-state index in [9.17, 15) is 13.2 Å². The van der Waals surface area contributed by atoms with Crippen molar-refractivity contribution in [2.45, 2.75) is 24.0 Å². The van der Waals surface area contributed by atoms with E-state index in [4.69, 9.17) is 4.74 Å². The zero-order valence-corrected chi connectivity index (χ0v) is 16.3. The minimum atomic E-state index is -3.24. The Bertz CT molecular complexity index is 882. The fourth-order valence-electron chi connectivity index (χ4n) is 3.21. The Labute approximate surface area is 160 Å². The lowest BCUT2D eigenvalue weighted by Gasteiger charge is -2.36. The molecule has 27 heavy (non-hydrogen) atoms. The topological polar surface area (TPSA) is 75.7 Å². The van der Waals surface area contributed by atoms with Crippen molar-refractivity contribution in [3.05, 3.63) is 60.2 Å². The first-order valence-corrected chi connectivity index (χ1v) is 10.7. The molecule has 0 aromatic heterocycles. The minimum absolute atomic E-state index is 0.0331. The lowest BCUT2D eigenvalue weighted by atomic mass is 10.1. The summed E-state index contributed by atoms with van der Waals surface area (Å²) in [5.74, 6) is -0.136. The van der Waals surface area contributed by atoms with Crippen LogP contribution in [0.2, 0.25) is 0 Å². The molecule has 1 saturated heterocycles. The third-order valence-electron chi connectivity index (χ3n) is 4.44. The average Bonchev–Trinajstić information content (AvgIpc) is 2.61. The second-order valence-electron chi connectivity index (χ2n) is 6.88. The van der Waals surface area contributed by atoms with E-state index in [1.54, 1.807) is 12.1 Å². The second kappa shape index (κ2) is 8.21. The van der Waals surface area contributed by atoms with Gasteiger partial charge in [-0.15, -0.1) is 0 Å². The zero-order valence-electron chi connectivity index (χ0n) is 15.5. The van der Waals surface area contributed by atoms with Gasteiger partial charge in [0.15, 0.2) is 9.84 Å². The Hall–Kier alpha value is -2.22. The van der Waals surface area contributed by atoms with E-state index in [-0.39, 0.29) is 29.6 Å². The monoisotopic (exact) mass is 388 g/mol. The van der Waals surface area contributed by atoms with Gasteiger partial charge in [0.2, 0.25) is 5.91 Å². The molecule has 0 radical (unpaired) electrons. The molecular formula is C20H24N2O4S. The molecule has 1 N–H and O–H groups in total. The third kappa shape index (κ3) is 5.38. The van der Waals surface area contributed by atoms with Crippen molar-refractivity contribution < 1.29 is 17.9 Å². The standard InChI is InChI=1S/C20H24N2O4S/c1-15-12-22(13-19(26-15)16-6-4-3-5-7-16)14-20(23)21-17-8-10-18(11-9-17)27(2,24)25/h3-11,15,19H,12-14H2,1-2H3,(H,21,23). The Balaban J connectivity index is 1.60. The first kappa shape index (κ1) is 19.5. The highest BCUT2D eigenvalue weighted by molar-refractivity contribution is 7.90. The second-order valence-corrected chi connectivity index (χ2v) is 8.90. The number of anilines is 1. The SMILES string of the molecule is CC1CN(CC(=O)Nc2ccc(S(C)(=O)=O)cc2)CC(c2ccccc2)O1. The van der Waals surface area contributed by atoms with Gasteiger partial charge in [0, 0.05) is 25.0 Å². The van der Waals surface area contributed by atoms with Gasteiger partial charge in [-0.05, 0) is 36.8 Å². The molecule has 0 saturated carbocycles. The molecule has 2 aromatic carbocycles. The first-order chi connectivity index (χ1) is 12.8. The molecule has 1 aliphatic rings. The summed E-state index contributed by atoms with van der Waals surface area (Å²) in [6.45, 7) is 3.59. The van der Waals surface area contributed by atoms with E-state index in [1.165, 1.54) is 12.1 Å². The number of carbonyl (C=O) groups excluding carboxylic acids is 1. The predicted octanol–water partition coefficient (Wildman–Crippen LogP) is 2.49. The Morgan fingerprint density at radius 1 is 1.11 bits per heavy atom. The summed E-state index contributed by atoms with van der Waals surface area (Å²) < 4.78 is 29.0. The maximum atomic E-state index is 12.4. The van der Waals surface area contributed by atoms with E-state index in [0.717, 1.165) is 11.8 Å². The summed E-state index contributed by atoms with van der Waals surface area (Å²) in [5, 5.41) is 2.82. The van der Waals surface area contributed by atoms with Crippen molar-refractivity contribution in [1.29, 1.82) is 0 Å². The normalized spacial score (nSPS) is 21.0. The lowest BCUT2D eigenvalue weighted by molar-refractivity contribution is -0.122. The molecule has 1 heterocycles. The number of nitrogens with zero attached hydrogens (tertiary/aromatic N) is 1. The van der Waals surface area contributed by atoms with E-state index < -0.39 is 9.84 Å². The Morgan fingerprint density at radius 3 is 2.41 bits per heavy atom. The van der Waals surface area contributed by atoms with Crippen LogP contribution in [0, 0.1) is 0 Å². The highest BCUT2D eigenvalue weighted by Gasteiger charge is 2.27. The van der Waals surface area contributed by atoms with Crippen molar-refractivity contribution in [1.82, 2.24) is 4.90 Å². The number of sulfone groups is 1. The van der Waals surface area contributed by atoms with E-state index in [0.29, 0.717) is 18.8 Å². The van der Waals surface area contributed by atoms with Crippen LogP contribution in [0.4, 0.5) is 5.69 Å².